The fourth-order valence-electron chi connectivity index (χ4n) is 1.60. The molecule has 1 heterocycles. The summed E-state index contributed by atoms with van der Waals surface area (Å²) in [6, 6.07) is 9.97. The lowest BCUT2D eigenvalue weighted by molar-refractivity contribution is 0.476. The number of hydrogen-bond donors (Lipinski definition) is 1. The highest BCUT2D eigenvalue weighted by Gasteiger charge is 2.01. The Hall–Kier alpha value is -1.41. The van der Waals surface area contributed by atoms with Crippen LogP contribution in [0.3, 0.4) is 0 Å². The van der Waals surface area contributed by atoms with Crippen molar-refractivity contribution in [1.29, 1.82) is 0 Å². The molecule has 1 N–H and O–H groups in total. The lowest BCUT2D eigenvalue weighted by Crippen LogP contribution is -1.98. The van der Waals surface area contributed by atoms with Gasteiger partial charge in [-0.3, -0.25) is 0 Å². The van der Waals surface area contributed by atoms with Crippen LogP contribution in [-0.2, 0) is 13.0 Å². The standard InChI is InChI=1S/C14H16ClNO/c1-3-12-6-7-13(17-12)9-16-11-5-4-10(2)14(15)8-11/h4-8,16H,3,9H2,1-2H3. The maximum atomic E-state index is 6.06. The molecule has 0 saturated carbocycles. The van der Waals surface area contributed by atoms with E-state index in [0.717, 1.165) is 34.2 Å². The summed E-state index contributed by atoms with van der Waals surface area (Å²) in [7, 11) is 0. The summed E-state index contributed by atoms with van der Waals surface area (Å²) in [5.74, 6) is 1.96. The zero-order valence-corrected chi connectivity index (χ0v) is 10.8. The second-order valence-electron chi connectivity index (χ2n) is 4.04. The minimum Gasteiger partial charge on any atom is -0.464 e. The molecule has 17 heavy (non-hydrogen) atoms. The molecule has 0 radical (unpaired) electrons. The third-order valence-electron chi connectivity index (χ3n) is 2.70. The van der Waals surface area contributed by atoms with Gasteiger partial charge in [-0.25, -0.2) is 0 Å². The molecule has 0 spiro atoms. The summed E-state index contributed by atoms with van der Waals surface area (Å²) >= 11 is 6.06. The Bertz CT molecular complexity index is 505. The van der Waals surface area contributed by atoms with Crippen LogP contribution in [0.1, 0.15) is 24.0 Å². The number of aryl methyl sites for hydroxylation is 2. The SMILES string of the molecule is CCc1ccc(CNc2ccc(C)c(Cl)c2)o1. The minimum absolute atomic E-state index is 0.680. The average molecular weight is 250 g/mol. The largest absolute Gasteiger partial charge is 0.464 e. The van der Waals surface area contributed by atoms with E-state index in [1.165, 1.54) is 0 Å². The molecular weight excluding hydrogens is 234 g/mol. The van der Waals surface area contributed by atoms with Gasteiger partial charge in [-0.05, 0) is 36.8 Å². The summed E-state index contributed by atoms with van der Waals surface area (Å²) in [6.07, 6.45) is 0.927. The number of hydrogen-bond acceptors (Lipinski definition) is 2. The Morgan fingerprint density at radius 2 is 1.94 bits per heavy atom. The van der Waals surface area contributed by atoms with Crippen LogP contribution >= 0.6 is 11.6 Å². The highest BCUT2D eigenvalue weighted by Crippen LogP contribution is 2.20. The van der Waals surface area contributed by atoms with E-state index in [0.29, 0.717) is 6.54 Å². The molecule has 0 fully saturated rings. The number of anilines is 1. The molecule has 90 valence electrons. The Morgan fingerprint density at radius 3 is 2.59 bits per heavy atom. The first-order valence-electron chi connectivity index (χ1n) is 5.76. The van der Waals surface area contributed by atoms with Gasteiger partial charge in [-0.1, -0.05) is 24.6 Å². The second-order valence-corrected chi connectivity index (χ2v) is 4.45. The predicted molar refractivity (Wildman–Crippen MR) is 71.6 cm³/mol. The highest BCUT2D eigenvalue weighted by molar-refractivity contribution is 6.31. The minimum atomic E-state index is 0.680. The first kappa shape index (κ1) is 12.1. The van der Waals surface area contributed by atoms with Crippen LogP contribution in [0, 0.1) is 6.92 Å². The van der Waals surface area contributed by atoms with Crippen molar-refractivity contribution in [2.75, 3.05) is 5.32 Å². The van der Waals surface area contributed by atoms with Gasteiger partial charge in [0.2, 0.25) is 0 Å². The van der Waals surface area contributed by atoms with Crippen molar-refractivity contribution < 1.29 is 4.42 Å². The van der Waals surface area contributed by atoms with Crippen LogP contribution in [0.2, 0.25) is 5.02 Å². The van der Waals surface area contributed by atoms with Crippen molar-refractivity contribution in [3.63, 3.8) is 0 Å². The van der Waals surface area contributed by atoms with Crippen molar-refractivity contribution in [2.24, 2.45) is 0 Å². The summed E-state index contributed by atoms with van der Waals surface area (Å²) in [5, 5.41) is 4.07. The van der Waals surface area contributed by atoms with Crippen LogP contribution in [0.15, 0.2) is 34.7 Å². The molecule has 0 amide bonds. The van der Waals surface area contributed by atoms with Crippen LogP contribution < -0.4 is 5.32 Å². The smallest absolute Gasteiger partial charge is 0.123 e. The summed E-state index contributed by atoms with van der Waals surface area (Å²) in [4.78, 5) is 0. The first-order valence-corrected chi connectivity index (χ1v) is 6.14. The Labute approximate surface area is 107 Å². The number of nitrogens with one attached hydrogen (secondary N) is 1. The number of rotatable bonds is 4. The van der Waals surface area contributed by atoms with Gasteiger partial charge < -0.3 is 9.73 Å². The monoisotopic (exact) mass is 249 g/mol. The van der Waals surface area contributed by atoms with E-state index in [2.05, 4.69) is 12.2 Å². The third kappa shape index (κ3) is 3.04. The number of halogens is 1. The molecule has 0 bridgehead atoms. The van der Waals surface area contributed by atoms with Gasteiger partial charge in [0.05, 0.1) is 6.54 Å². The molecule has 0 unspecified atom stereocenters. The lowest BCUT2D eigenvalue weighted by Gasteiger charge is -2.06. The molecular formula is C14H16ClNO. The second kappa shape index (κ2) is 5.28. The Balaban J connectivity index is 1.99. The predicted octanol–water partition coefficient (Wildman–Crippen LogP) is 4.42. The Kier molecular flexibility index (Phi) is 3.75. The molecule has 0 aliphatic heterocycles. The maximum absolute atomic E-state index is 6.06. The molecule has 3 heteroatoms. The van der Waals surface area contributed by atoms with Crippen molar-refractivity contribution in [1.82, 2.24) is 0 Å². The lowest BCUT2D eigenvalue weighted by atomic mass is 10.2. The quantitative estimate of drug-likeness (QED) is 0.868. The maximum Gasteiger partial charge on any atom is 0.123 e. The fraction of sp³-hybridized carbons (Fsp3) is 0.286. The summed E-state index contributed by atoms with van der Waals surface area (Å²) < 4.78 is 5.61. The van der Waals surface area contributed by atoms with E-state index in [-0.39, 0.29) is 0 Å². The van der Waals surface area contributed by atoms with E-state index < -0.39 is 0 Å². The van der Waals surface area contributed by atoms with Gasteiger partial charge in [0, 0.05) is 17.1 Å². The third-order valence-corrected chi connectivity index (χ3v) is 3.11. The van der Waals surface area contributed by atoms with Gasteiger partial charge in [-0.15, -0.1) is 0 Å². The van der Waals surface area contributed by atoms with Gasteiger partial charge in [-0.2, -0.15) is 0 Å². The first-order chi connectivity index (χ1) is 8.19. The van der Waals surface area contributed by atoms with Gasteiger partial charge in [0.25, 0.3) is 0 Å². The molecule has 2 rings (SSSR count). The molecule has 2 aromatic rings. The molecule has 0 aliphatic carbocycles. The van der Waals surface area contributed by atoms with E-state index in [4.69, 9.17) is 16.0 Å². The zero-order valence-electron chi connectivity index (χ0n) is 10.1. The van der Waals surface area contributed by atoms with E-state index in [9.17, 15) is 0 Å². The van der Waals surface area contributed by atoms with E-state index >= 15 is 0 Å². The molecule has 1 aromatic heterocycles. The molecule has 0 saturated heterocycles. The van der Waals surface area contributed by atoms with Gasteiger partial charge >= 0.3 is 0 Å². The topological polar surface area (TPSA) is 25.2 Å². The van der Waals surface area contributed by atoms with Crippen molar-refractivity contribution in [2.45, 2.75) is 26.8 Å². The van der Waals surface area contributed by atoms with Crippen molar-refractivity contribution in [3.05, 3.63) is 52.4 Å². The Morgan fingerprint density at radius 1 is 1.18 bits per heavy atom. The number of furan rings is 1. The van der Waals surface area contributed by atoms with Crippen LogP contribution in [0.5, 0.6) is 0 Å². The molecule has 0 atom stereocenters. The van der Waals surface area contributed by atoms with Gasteiger partial charge in [0.15, 0.2) is 0 Å². The van der Waals surface area contributed by atoms with Crippen molar-refractivity contribution >= 4 is 17.3 Å². The van der Waals surface area contributed by atoms with Crippen LogP contribution in [0.4, 0.5) is 5.69 Å². The van der Waals surface area contributed by atoms with E-state index in [1.807, 2.05) is 37.3 Å². The zero-order chi connectivity index (χ0) is 12.3. The normalized spacial score (nSPS) is 10.5. The van der Waals surface area contributed by atoms with Crippen molar-refractivity contribution in [3.8, 4) is 0 Å². The summed E-state index contributed by atoms with van der Waals surface area (Å²) in [5.41, 5.74) is 2.10. The molecule has 2 nitrogen and oxygen atoms in total. The number of benzene rings is 1. The van der Waals surface area contributed by atoms with Crippen LogP contribution in [0.25, 0.3) is 0 Å². The average Bonchev–Trinajstić information content (AvgIpc) is 2.79. The van der Waals surface area contributed by atoms with Gasteiger partial charge in [0.1, 0.15) is 11.5 Å². The highest BCUT2D eigenvalue weighted by atomic mass is 35.5. The van der Waals surface area contributed by atoms with E-state index in [1.54, 1.807) is 0 Å². The molecule has 1 aromatic carbocycles. The molecule has 0 aliphatic rings. The van der Waals surface area contributed by atoms with Crippen LogP contribution in [-0.4, -0.2) is 0 Å². The fourth-order valence-corrected chi connectivity index (χ4v) is 1.78. The summed E-state index contributed by atoms with van der Waals surface area (Å²) in [6.45, 7) is 4.75.